The van der Waals surface area contributed by atoms with Crippen LogP contribution in [0, 0.1) is 0 Å². The van der Waals surface area contributed by atoms with Crippen LogP contribution in [0.5, 0.6) is 0 Å². The highest BCUT2D eigenvalue weighted by atomic mass is 15.2. The van der Waals surface area contributed by atoms with Gasteiger partial charge in [0.1, 0.15) is 0 Å². The Bertz CT molecular complexity index is 196. The molecule has 3 heteroatoms. The minimum Gasteiger partial charge on any atom is -0.313 e. The maximum atomic E-state index is 3.73. The average Bonchev–Trinajstić information content (AvgIpc) is 2.32. The molecule has 0 aliphatic carbocycles. The second-order valence-electron chi connectivity index (χ2n) is 5.44. The molecule has 2 unspecified atom stereocenters. The van der Waals surface area contributed by atoms with Crippen LogP contribution in [0.2, 0.25) is 0 Å². The number of likely N-dealkylation sites (tertiary alicyclic amines) is 1. The minimum absolute atomic E-state index is 0.735. The normalized spacial score (nSPS) is 26.6. The average molecular weight is 241 g/mol. The lowest BCUT2D eigenvalue weighted by Gasteiger charge is -2.35. The van der Waals surface area contributed by atoms with Gasteiger partial charge in [-0.25, -0.2) is 0 Å². The predicted octanol–water partition coefficient (Wildman–Crippen LogP) is 1.79. The number of hydrogen-bond acceptors (Lipinski definition) is 3. The van der Waals surface area contributed by atoms with Gasteiger partial charge in [-0.3, -0.25) is 0 Å². The number of nitrogens with one attached hydrogen (secondary N) is 1. The molecule has 0 aromatic heterocycles. The molecule has 2 atom stereocenters. The first-order valence-electron chi connectivity index (χ1n) is 7.33. The van der Waals surface area contributed by atoms with Crippen molar-refractivity contribution in [3.05, 3.63) is 0 Å². The molecule has 0 amide bonds. The van der Waals surface area contributed by atoms with Crippen LogP contribution in [-0.2, 0) is 0 Å². The SMILES string of the molecule is CCCN(CC)CCNC1CCN(C)C(C)C1. The van der Waals surface area contributed by atoms with E-state index in [1.807, 2.05) is 0 Å². The van der Waals surface area contributed by atoms with Crippen LogP contribution >= 0.6 is 0 Å². The van der Waals surface area contributed by atoms with E-state index >= 15 is 0 Å². The molecule has 0 radical (unpaired) electrons. The first-order chi connectivity index (χ1) is 8.17. The summed E-state index contributed by atoms with van der Waals surface area (Å²) >= 11 is 0. The summed E-state index contributed by atoms with van der Waals surface area (Å²) in [4.78, 5) is 5.00. The fourth-order valence-corrected chi connectivity index (χ4v) is 2.65. The van der Waals surface area contributed by atoms with Crippen LogP contribution in [0.1, 0.15) is 40.0 Å². The molecule has 1 rings (SSSR count). The minimum atomic E-state index is 0.735. The molecule has 0 aromatic rings. The van der Waals surface area contributed by atoms with Crippen LogP contribution < -0.4 is 5.32 Å². The number of nitrogens with zero attached hydrogens (tertiary/aromatic N) is 2. The second-order valence-corrected chi connectivity index (χ2v) is 5.44. The monoisotopic (exact) mass is 241 g/mol. The van der Waals surface area contributed by atoms with Crippen molar-refractivity contribution in [2.24, 2.45) is 0 Å². The van der Waals surface area contributed by atoms with Crippen molar-refractivity contribution in [3.63, 3.8) is 0 Å². The van der Waals surface area contributed by atoms with Crippen molar-refractivity contribution in [2.45, 2.75) is 52.1 Å². The number of rotatable bonds is 7. The summed E-state index contributed by atoms with van der Waals surface area (Å²) in [6, 6.07) is 1.47. The Balaban J connectivity index is 2.14. The Labute approximate surface area is 108 Å². The Morgan fingerprint density at radius 1 is 1.29 bits per heavy atom. The first-order valence-corrected chi connectivity index (χ1v) is 7.33. The summed E-state index contributed by atoms with van der Waals surface area (Å²) in [6.45, 7) is 12.9. The van der Waals surface area contributed by atoms with Gasteiger partial charge in [-0.1, -0.05) is 13.8 Å². The quantitative estimate of drug-likeness (QED) is 0.733. The number of likely N-dealkylation sites (N-methyl/N-ethyl adjacent to an activating group) is 1. The van der Waals surface area contributed by atoms with Crippen LogP contribution in [-0.4, -0.2) is 61.7 Å². The highest BCUT2D eigenvalue weighted by Crippen LogP contribution is 2.14. The van der Waals surface area contributed by atoms with Gasteiger partial charge in [0.25, 0.3) is 0 Å². The van der Waals surface area contributed by atoms with Gasteiger partial charge in [-0.15, -0.1) is 0 Å². The van der Waals surface area contributed by atoms with Gasteiger partial charge >= 0.3 is 0 Å². The van der Waals surface area contributed by atoms with Crippen molar-refractivity contribution in [1.29, 1.82) is 0 Å². The van der Waals surface area contributed by atoms with Gasteiger partial charge in [-0.05, 0) is 52.9 Å². The summed E-state index contributed by atoms with van der Waals surface area (Å²) in [5, 5.41) is 3.73. The van der Waals surface area contributed by atoms with Gasteiger partial charge in [-0.2, -0.15) is 0 Å². The molecule has 1 aliphatic heterocycles. The van der Waals surface area contributed by atoms with E-state index in [9.17, 15) is 0 Å². The van der Waals surface area contributed by atoms with E-state index < -0.39 is 0 Å². The first kappa shape index (κ1) is 14.9. The zero-order chi connectivity index (χ0) is 12.7. The summed E-state index contributed by atoms with van der Waals surface area (Å²) in [5.74, 6) is 0. The van der Waals surface area contributed by atoms with Crippen LogP contribution in [0.3, 0.4) is 0 Å². The third-order valence-corrected chi connectivity index (χ3v) is 4.06. The Morgan fingerprint density at radius 2 is 2.06 bits per heavy atom. The van der Waals surface area contributed by atoms with Crippen molar-refractivity contribution < 1.29 is 0 Å². The Morgan fingerprint density at radius 3 is 2.65 bits per heavy atom. The molecule has 0 aromatic carbocycles. The lowest BCUT2D eigenvalue weighted by molar-refractivity contribution is 0.165. The molecular formula is C14H31N3. The third-order valence-electron chi connectivity index (χ3n) is 4.06. The highest BCUT2D eigenvalue weighted by molar-refractivity contribution is 4.81. The maximum Gasteiger partial charge on any atom is 0.0107 e. The Kier molecular flexibility index (Phi) is 7.09. The second kappa shape index (κ2) is 8.06. The van der Waals surface area contributed by atoms with E-state index in [0.29, 0.717) is 0 Å². The molecule has 3 nitrogen and oxygen atoms in total. The summed E-state index contributed by atoms with van der Waals surface area (Å²) in [7, 11) is 2.24. The zero-order valence-electron chi connectivity index (χ0n) is 12.2. The van der Waals surface area contributed by atoms with Crippen molar-refractivity contribution in [3.8, 4) is 0 Å². The fraction of sp³-hybridized carbons (Fsp3) is 1.00. The van der Waals surface area contributed by atoms with E-state index in [1.54, 1.807) is 0 Å². The fourth-order valence-electron chi connectivity index (χ4n) is 2.65. The number of piperidine rings is 1. The lowest BCUT2D eigenvalue weighted by Crippen LogP contribution is -2.47. The van der Waals surface area contributed by atoms with Gasteiger partial charge in [0.05, 0.1) is 0 Å². The highest BCUT2D eigenvalue weighted by Gasteiger charge is 2.21. The Hall–Kier alpha value is -0.120. The lowest BCUT2D eigenvalue weighted by atomic mass is 9.99. The van der Waals surface area contributed by atoms with Crippen molar-refractivity contribution in [2.75, 3.05) is 39.8 Å². The van der Waals surface area contributed by atoms with Crippen LogP contribution in [0.4, 0.5) is 0 Å². The molecule has 0 spiro atoms. The van der Waals surface area contributed by atoms with E-state index in [2.05, 4.69) is 42.9 Å². The molecule has 1 saturated heterocycles. The van der Waals surface area contributed by atoms with E-state index in [1.165, 1.54) is 45.4 Å². The molecule has 102 valence electrons. The van der Waals surface area contributed by atoms with E-state index in [4.69, 9.17) is 0 Å². The molecule has 1 aliphatic rings. The molecule has 0 bridgehead atoms. The summed E-state index contributed by atoms with van der Waals surface area (Å²) in [5.41, 5.74) is 0. The zero-order valence-corrected chi connectivity index (χ0v) is 12.2. The molecule has 1 fully saturated rings. The summed E-state index contributed by atoms with van der Waals surface area (Å²) in [6.07, 6.45) is 3.87. The van der Waals surface area contributed by atoms with Crippen molar-refractivity contribution >= 4 is 0 Å². The smallest absolute Gasteiger partial charge is 0.0107 e. The summed E-state index contributed by atoms with van der Waals surface area (Å²) < 4.78 is 0. The molecule has 1 heterocycles. The van der Waals surface area contributed by atoms with Crippen LogP contribution in [0.25, 0.3) is 0 Å². The van der Waals surface area contributed by atoms with E-state index in [-0.39, 0.29) is 0 Å². The number of hydrogen-bond donors (Lipinski definition) is 1. The topological polar surface area (TPSA) is 18.5 Å². The molecule has 17 heavy (non-hydrogen) atoms. The largest absolute Gasteiger partial charge is 0.313 e. The molecule has 1 N–H and O–H groups in total. The van der Waals surface area contributed by atoms with Gasteiger partial charge < -0.3 is 15.1 Å². The van der Waals surface area contributed by atoms with Gasteiger partial charge in [0.2, 0.25) is 0 Å². The molecule has 0 saturated carbocycles. The van der Waals surface area contributed by atoms with Crippen LogP contribution in [0.15, 0.2) is 0 Å². The predicted molar refractivity (Wildman–Crippen MR) is 75.5 cm³/mol. The standard InChI is InChI=1S/C14H31N3/c1-5-9-17(6-2)11-8-15-14-7-10-16(4)13(3)12-14/h13-15H,5-12H2,1-4H3. The molecular weight excluding hydrogens is 210 g/mol. The maximum absolute atomic E-state index is 3.73. The van der Waals surface area contributed by atoms with Gasteiger partial charge in [0.15, 0.2) is 0 Å². The third kappa shape index (κ3) is 5.36. The van der Waals surface area contributed by atoms with Crippen molar-refractivity contribution in [1.82, 2.24) is 15.1 Å². The van der Waals surface area contributed by atoms with Gasteiger partial charge in [0, 0.05) is 25.2 Å². The van der Waals surface area contributed by atoms with E-state index in [0.717, 1.165) is 18.6 Å².